The highest BCUT2D eigenvalue weighted by molar-refractivity contribution is 8.00. The molecule has 3 aromatic rings. The molecule has 3 rings (SSSR count). The van der Waals surface area contributed by atoms with Crippen molar-refractivity contribution < 1.29 is 13.6 Å². The van der Waals surface area contributed by atoms with Gasteiger partial charge in [0.15, 0.2) is 5.58 Å². The molecule has 0 fully saturated rings. The van der Waals surface area contributed by atoms with Crippen molar-refractivity contribution >= 4 is 28.6 Å². The fraction of sp³-hybridized carbons (Fsp3) is 0.0667. The normalized spacial score (nSPS) is 12.4. The summed E-state index contributed by atoms with van der Waals surface area (Å²) in [5, 5.41) is 0.156. The van der Waals surface area contributed by atoms with Crippen LogP contribution in [0.15, 0.2) is 64.2 Å². The second-order valence-corrected chi connectivity index (χ2v) is 5.11. The Bertz CT molecular complexity index is 709. The Hall–Kier alpha value is -2.14. The molecular formula is C15H10FNO2S. The van der Waals surface area contributed by atoms with Gasteiger partial charge in [-0.15, -0.1) is 0 Å². The van der Waals surface area contributed by atoms with Gasteiger partial charge >= 0.3 is 0 Å². The van der Waals surface area contributed by atoms with E-state index in [0.717, 1.165) is 0 Å². The summed E-state index contributed by atoms with van der Waals surface area (Å²) in [5.74, 6) is -0.585. The van der Waals surface area contributed by atoms with Crippen LogP contribution in [0.5, 0.6) is 0 Å². The largest absolute Gasteiger partial charge is 0.431 e. The third kappa shape index (κ3) is 2.58. The SMILES string of the molecule is O=C(c1ccccc1)C(F)Sc1nc2ccccc2o1. The number of fused-ring (bicyclic) bond motifs is 1. The molecule has 20 heavy (non-hydrogen) atoms. The summed E-state index contributed by atoms with van der Waals surface area (Å²) in [6.07, 6.45) is 0. The number of oxazole rings is 1. The molecule has 0 radical (unpaired) electrons. The first-order chi connectivity index (χ1) is 9.74. The monoisotopic (exact) mass is 287 g/mol. The van der Waals surface area contributed by atoms with Gasteiger partial charge in [0.1, 0.15) is 5.52 Å². The smallest absolute Gasteiger partial charge is 0.260 e. The lowest BCUT2D eigenvalue weighted by Crippen LogP contribution is -2.11. The number of hydrogen-bond acceptors (Lipinski definition) is 4. The summed E-state index contributed by atoms with van der Waals surface area (Å²) in [5.41, 5.74) is -0.169. The first-order valence-electron chi connectivity index (χ1n) is 5.99. The third-order valence-electron chi connectivity index (χ3n) is 2.74. The van der Waals surface area contributed by atoms with Gasteiger partial charge in [-0.05, 0) is 23.9 Å². The van der Waals surface area contributed by atoms with Gasteiger partial charge in [-0.2, -0.15) is 0 Å². The number of alkyl halides is 1. The molecule has 0 aliphatic carbocycles. The van der Waals surface area contributed by atoms with Crippen molar-refractivity contribution in [3.63, 3.8) is 0 Å². The molecule has 1 unspecified atom stereocenters. The van der Waals surface area contributed by atoms with Crippen molar-refractivity contribution in [3.05, 3.63) is 60.2 Å². The number of Topliss-reactive ketones (excluding diaryl/α,β-unsaturated/α-hetero) is 1. The minimum atomic E-state index is -1.73. The van der Waals surface area contributed by atoms with Crippen molar-refractivity contribution in [2.75, 3.05) is 0 Å². The lowest BCUT2D eigenvalue weighted by Gasteiger charge is -2.03. The van der Waals surface area contributed by atoms with E-state index in [9.17, 15) is 9.18 Å². The Morgan fingerprint density at radius 1 is 1.10 bits per heavy atom. The third-order valence-corrected chi connectivity index (χ3v) is 3.54. The number of carbonyl (C=O) groups excluding carboxylic acids is 1. The number of thioether (sulfide) groups is 1. The number of benzene rings is 2. The number of ketones is 1. The quantitative estimate of drug-likeness (QED) is 0.535. The zero-order chi connectivity index (χ0) is 13.9. The number of hydrogen-bond donors (Lipinski definition) is 0. The van der Waals surface area contributed by atoms with Gasteiger partial charge in [-0.25, -0.2) is 9.37 Å². The number of nitrogens with zero attached hydrogens (tertiary/aromatic N) is 1. The molecule has 0 aliphatic rings. The first kappa shape index (κ1) is 12.9. The number of carbonyl (C=O) groups is 1. The predicted molar refractivity (Wildman–Crippen MR) is 75.5 cm³/mol. The highest BCUT2D eigenvalue weighted by atomic mass is 32.2. The van der Waals surface area contributed by atoms with E-state index in [-0.39, 0.29) is 5.22 Å². The Balaban J connectivity index is 1.78. The summed E-state index contributed by atoms with van der Waals surface area (Å²) < 4.78 is 19.4. The van der Waals surface area contributed by atoms with Crippen molar-refractivity contribution in [3.8, 4) is 0 Å². The maximum Gasteiger partial charge on any atom is 0.260 e. The van der Waals surface area contributed by atoms with Crippen LogP contribution < -0.4 is 0 Å². The minimum Gasteiger partial charge on any atom is -0.431 e. The Morgan fingerprint density at radius 3 is 2.55 bits per heavy atom. The van der Waals surface area contributed by atoms with Crippen LogP contribution in [0, 0.1) is 0 Å². The first-order valence-corrected chi connectivity index (χ1v) is 6.87. The number of aromatic nitrogens is 1. The van der Waals surface area contributed by atoms with Crippen LogP contribution in [0.1, 0.15) is 10.4 Å². The standard InChI is InChI=1S/C15H10FNO2S/c16-14(13(18)10-6-2-1-3-7-10)20-15-17-11-8-4-5-9-12(11)19-15/h1-9,14H. The van der Waals surface area contributed by atoms with E-state index in [1.54, 1.807) is 42.5 Å². The molecule has 2 aromatic carbocycles. The van der Waals surface area contributed by atoms with E-state index in [4.69, 9.17) is 4.42 Å². The second kappa shape index (κ2) is 5.46. The molecule has 100 valence electrons. The molecule has 0 spiro atoms. The number of rotatable bonds is 4. The number of halogens is 1. The highest BCUT2D eigenvalue weighted by Gasteiger charge is 2.23. The molecule has 1 aromatic heterocycles. The van der Waals surface area contributed by atoms with Gasteiger partial charge in [0, 0.05) is 5.56 Å². The molecule has 1 atom stereocenters. The molecule has 0 aliphatic heterocycles. The molecule has 3 nitrogen and oxygen atoms in total. The minimum absolute atomic E-state index is 0.156. The van der Waals surface area contributed by atoms with Crippen LogP contribution in [0.3, 0.4) is 0 Å². The lowest BCUT2D eigenvalue weighted by molar-refractivity contribution is 0.0938. The van der Waals surface area contributed by atoms with Gasteiger partial charge in [-0.1, -0.05) is 42.5 Å². The topological polar surface area (TPSA) is 43.1 Å². The maximum atomic E-state index is 14.0. The van der Waals surface area contributed by atoms with E-state index in [1.165, 1.54) is 0 Å². The van der Waals surface area contributed by atoms with Gasteiger partial charge in [0.25, 0.3) is 5.22 Å². The fourth-order valence-corrected chi connectivity index (χ4v) is 2.49. The zero-order valence-electron chi connectivity index (χ0n) is 10.3. The van der Waals surface area contributed by atoms with Crippen LogP contribution >= 0.6 is 11.8 Å². The average molecular weight is 287 g/mol. The summed E-state index contributed by atoms with van der Waals surface area (Å²) in [4.78, 5) is 16.0. The molecule has 0 saturated heterocycles. The average Bonchev–Trinajstić information content (AvgIpc) is 2.89. The van der Waals surface area contributed by atoms with Crippen LogP contribution in [0.4, 0.5) is 4.39 Å². The molecule has 0 amide bonds. The fourth-order valence-electron chi connectivity index (χ4n) is 1.78. The Labute approximate surface area is 118 Å². The van der Waals surface area contributed by atoms with Crippen molar-refractivity contribution in [2.24, 2.45) is 0 Å². The van der Waals surface area contributed by atoms with Gasteiger partial charge in [0.05, 0.1) is 0 Å². The van der Waals surface area contributed by atoms with Crippen LogP contribution in [-0.4, -0.2) is 16.3 Å². The van der Waals surface area contributed by atoms with Gasteiger partial charge < -0.3 is 4.42 Å². The van der Waals surface area contributed by atoms with E-state index in [1.807, 2.05) is 12.1 Å². The molecular weight excluding hydrogens is 277 g/mol. The summed E-state index contributed by atoms with van der Waals surface area (Å²) in [6, 6.07) is 15.5. The summed E-state index contributed by atoms with van der Waals surface area (Å²) in [7, 11) is 0. The molecule has 0 N–H and O–H groups in total. The molecule has 1 heterocycles. The van der Waals surface area contributed by atoms with Crippen molar-refractivity contribution in [1.29, 1.82) is 0 Å². The van der Waals surface area contributed by atoms with Crippen LogP contribution in [0.2, 0.25) is 0 Å². The highest BCUT2D eigenvalue weighted by Crippen LogP contribution is 2.29. The van der Waals surface area contributed by atoms with Crippen LogP contribution in [0.25, 0.3) is 11.1 Å². The van der Waals surface area contributed by atoms with Gasteiger partial charge in [-0.3, -0.25) is 4.79 Å². The Kier molecular flexibility index (Phi) is 3.52. The Morgan fingerprint density at radius 2 is 1.80 bits per heavy atom. The summed E-state index contributed by atoms with van der Waals surface area (Å²) >= 11 is 0.678. The maximum absolute atomic E-state index is 14.0. The summed E-state index contributed by atoms with van der Waals surface area (Å²) in [6.45, 7) is 0. The van der Waals surface area contributed by atoms with E-state index >= 15 is 0 Å². The molecule has 5 heteroatoms. The zero-order valence-corrected chi connectivity index (χ0v) is 11.1. The lowest BCUT2D eigenvalue weighted by atomic mass is 10.1. The number of para-hydroxylation sites is 2. The van der Waals surface area contributed by atoms with Crippen molar-refractivity contribution in [2.45, 2.75) is 10.7 Å². The van der Waals surface area contributed by atoms with Crippen LogP contribution in [-0.2, 0) is 0 Å². The predicted octanol–water partition coefficient (Wildman–Crippen LogP) is 4.10. The van der Waals surface area contributed by atoms with E-state index < -0.39 is 11.3 Å². The van der Waals surface area contributed by atoms with E-state index in [0.29, 0.717) is 28.4 Å². The van der Waals surface area contributed by atoms with E-state index in [2.05, 4.69) is 4.98 Å². The van der Waals surface area contributed by atoms with Crippen molar-refractivity contribution in [1.82, 2.24) is 4.98 Å². The second-order valence-electron chi connectivity index (χ2n) is 4.11. The molecule has 0 saturated carbocycles. The van der Waals surface area contributed by atoms with Gasteiger partial charge in [0.2, 0.25) is 11.3 Å². The molecule has 0 bridgehead atoms.